The number of hydrogen-bond donors (Lipinski definition) is 1. The Morgan fingerprint density at radius 3 is 2.74 bits per heavy atom. The Kier molecular flexibility index (Phi) is 4.58. The molecule has 5 heteroatoms. The van der Waals surface area contributed by atoms with E-state index in [0.29, 0.717) is 17.1 Å². The minimum absolute atomic E-state index is 0.0709. The van der Waals surface area contributed by atoms with Crippen LogP contribution in [0.1, 0.15) is 22.5 Å². The highest BCUT2D eigenvalue weighted by Gasteiger charge is 2.04. The standard InChI is InChI=1S/C14H16ClN3O/c1-11-9-18(10-17-11)8-2-7-16-14(19)12-3-5-13(15)6-4-12/h3-6,9-10H,2,7-8H2,1H3,(H,16,19). The van der Waals surface area contributed by atoms with Crippen molar-refractivity contribution in [2.45, 2.75) is 19.9 Å². The molecule has 0 unspecified atom stereocenters. The third-order valence-corrected chi connectivity index (χ3v) is 3.00. The van der Waals surface area contributed by atoms with Crippen molar-refractivity contribution in [2.24, 2.45) is 0 Å². The van der Waals surface area contributed by atoms with Crippen molar-refractivity contribution in [3.63, 3.8) is 0 Å². The maximum Gasteiger partial charge on any atom is 0.251 e. The summed E-state index contributed by atoms with van der Waals surface area (Å²) < 4.78 is 2.02. The molecule has 1 amide bonds. The zero-order valence-electron chi connectivity index (χ0n) is 10.8. The second-order valence-corrected chi connectivity index (χ2v) is 4.81. The lowest BCUT2D eigenvalue weighted by Crippen LogP contribution is -2.25. The second-order valence-electron chi connectivity index (χ2n) is 4.37. The Morgan fingerprint density at radius 2 is 2.11 bits per heavy atom. The highest BCUT2D eigenvalue weighted by atomic mass is 35.5. The van der Waals surface area contributed by atoms with Crippen molar-refractivity contribution in [3.05, 3.63) is 53.1 Å². The highest BCUT2D eigenvalue weighted by Crippen LogP contribution is 2.09. The maximum absolute atomic E-state index is 11.8. The smallest absolute Gasteiger partial charge is 0.251 e. The van der Waals surface area contributed by atoms with Crippen molar-refractivity contribution in [1.82, 2.24) is 14.9 Å². The molecule has 0 saturated carbocycles. The summed E-state index contributed by atoms with van der Waals surface area (Å²) in [4.78, 5) is 15.9. The summed E-state index contributed by atoms with van der Waals surface area (Å²) in [5.41, 5.74) is 1.63. The van der Waals surface area contributed by atoms with Crippen LogP contribution in [0, 0.1) is 6.92 Å². The highest BCUT2D eigenvalue weighted by molar-refractivity contribution is 6.30. The number of aryl methyl sites for hydroxylation is 2. The van der Waals surface area contributed by atoms with Crippen LogP contribution in [-0.2, 0) is 6.54 Å². The van der Waals surface area contributed by atoms with Crippen LogP contribution >= 0.6 is 11.6 Å². The van der Waals surface area contributed by atoms with Gasteiger partial charge in [-0.15, -0.1) is 0 Å². The first-order valence-electron chi connectivity index (χ1n) is 6.17. The quantitative estimate of drug-likeness (QED) is 0.854. The van der Waals surface area contributed by atoms with Gasteiger partial charge in [0, 0.05) is 29.9 Å². The number of benzene rings is 1. The van der Waals surface area contributed by atoms with Gasteiger partial charge >= 0.3 is 0 Å². The van der Waals surface area contributed by atoms with Crippen molar-refractivity contribution in [1.29, 1.82) is 0 Å². The van der Waals surface area contributed by atoms with Crippen LogP contribution in [0.2, 0.25) is 5.02 Å². The molecular weight excluding hydrogens is 262 g/mol. The molecule has 2 aromatic rings. The number of nitrogens with zero attached hydrogens (tertiary/aromatic N) is 2. The Bertz CT molecular complexity index is 548. The summed E-state index contributed by atoms with van der Waals surface area (Å²) in [5.74, 6) is -0.0709. The summed E-state index contributed by atoms with van der Waals surface area (Å²) in [7, 11) is 0. The van der Waals surface area contributed by atoms with Crippen molar-refractivity contribution < 1.29 is 4.79 Å². The topological polar surface area (TPSA) is 46.9 Å². The van der Waals surface area contributed by atoms with Gasteiger partial charge in [-0.1, -0.05) is 11.6 Å². The first-order chi connectivity index (χ1) is 9.15. The van der Waals surface area contributed by atoms with Crippen molar-refractivity contribution >= 4 is 17.5 Å². The van der Waals surface area contributed by atoms with E-state index >= 15 is 0 Å². The van der Waals surface area contributed by atoms with E-state index in [1.807, 2.05) is 17.7 Å². The van der Waals surface area contributed by atoms with Gasteiger partial charge in [-0.25, -0.2) is 4.98 Å². The molecule has 19 heavy (non-hydrogen) atoms. The number of amides is 1. The summed E-state index contributed by atoms with van der Waals surface area (Å²) in [6.07, 6.45) is 4.66. The number of imidazole rings is 1. The lowest BCUT2D eigenvalue weighted by atomic mass is 10.2. The Balaban J connectivity index is 1.73. The van der Waals surface area contributed by atoms with E-state index in [1.165, 1.54) is 0 Å². The van der Waals surface area contributed by atoms with Crippen LogP contribution in [0.3, 0.4) is 0 Å². The largest absolute Gasteiger partial charge is 0.352 e. The number of aromatic nitrogens is 2. The summed E-state index contributed by atoms with van der Waals surface area (Å²) >= 11 is 5.77. The van der Waals surface area contributed by atoms with Gasteiger partial charge in [0.25, 0.3) is 5.91 Å². The molecule has 2 rings (SSSR count). The van der Waals surface area contributed by atoms with E-state index in [0.717, 1.165) is 18.7 Å². The molecule has 0 bridgehead atoms. The van der Waals surface area contributed by atoms with Gasteiger partial charge in [0.05, 0.1) is 12.0 Å². The van der Waals surface area contributed by atoms with Crippen LogP contribution in [0.25, 0.3) is 0 Å². The minimum Gasteiger partial charge on any atom is -0.352 e. The molecule has 0 aliphatic carbocycles. The van der Waals surface area contributed by atoms with E-state index in [4.69, 9.17) is 11.6 Å². The maximum atomic E-state index is 11.8. The number of rotatable bonds is 5. The van der Waals surface area contributed by atoms with Gasteiger partial charge in [0.2, 0.25) is 0 Å². The minimum atomic E-state index is -0.0709. The summed E-state index contributed by atoms with van der Waals surface area (Å²) in [6, 6.07) is 6.86. The first-order valence-corrected chi connectivity index (χ1v) is 6.55. The van der Waals surface area contributed by atoms with Gasteiger partial charge in [0.1, 0.15) is 0 Å². The molecule has 1 heterocycles. The fraction of sp³-hybridized carbons (Fsp3) is 0.286. The number of hydrogen-bond acceptors (Lipinski definition) is 2. The Hall–Kier alpha value is -1.81. The van der Waals surface area contributed by atoms with Crippen LogP contribution in [0.5, 0.6) is 0 Å². The molecule has 0 aliphatic rings. The van der Waals surface area contributed by atoms with Crippen LogP contribution in [0.4, 0.5) is 0 Å². The van der Waals surface area contributed by atoms with Crippen molar-refractivity contribution in [3.8, 4) is 0 Å². The van der Waals surface area contributed by atoms with Crippen LogP contribution in [0.15, 0.2) is 36.8 Å². The van der Waals surface area contributed by atoms with E-state index in [9.17, 15) is 4.79 Å². The summed E-state index contributed by atoms with van der Waals surface area (Å²) in [6.45, 7) is 3.44. The normalized spacial score (nSPS) is 10.4. The zero-order valence-corrected chi connectivity index (χ0v) is 11.5. The fourth-order valence-electron chi connectivity index (χ4n) is 1.76. The van der Waals surface area contributed by atoms with Gasteiger partial charge in [-0.2, -0.15) is 0 Å². The molecular formula is C14H16ClN3O. The first kappa shape index (κ1) is 13.6. The Morgan fingerprint density at radius 1 is 1.37 bits per heavy atom. The predicted octanol–water partition coefficient (Wildman–Crippen LogP) is 2.67. The SMILES string of the molecule is Cc1cn(CCCNC(=O)c2ccc(Cl)cc2)cn1. The third-order valence-electron chi connectivity index (χ3n) is 2.75. The Labute approximate surface area is 117 Å². The van der Waals surface area contributed by atoms with E-state index in [-0.39, 0.29) is 5.91 Å². The lowest BCUT2D eigenvalue weighted by molar-refractivity contribution is 0.0952. The molecule has 0 saturated heterocycles. The average Bonchev–Trinajstić information content (AvgIpc) is 2.81. The zero-order chi connectivity index (χ0) is 13.7. The molecule has 100 valence electrons. The lowest BCUT2D eigenvalue weighted by Gasteiger charge is -2.05. The summed E-state index contributed by atoms with van der Waals surface area (Å²) in [5, 5.41) is 3.51. The molecule has 0 radical (unpaired) electrons. The molecule has 1 aromatic carbocycles. The second kappa shape index (κ2) is 6.38. The van der Waals surface area contributed by atoms with Gasteiger partial charge in [0.15, 0.2) is 0 Å². The van der Waals surface area contributed by atoms with E-state index in [2.05, 4.69) is 10.3 Å². The van der Waals surface area contributed by atoms with E-state index in [1.54, 1.807) is 30.6 Å². The molecule has 0 atom stereocenters. The number of carbonyl (C=O) groups excluding carboxylic acids is 1. The number of halogens is 1. The molecule has 1 N–H and O–H groups in total. The monoisotopic (exact) mass is 277 g/mol. The van der Waals surface area contributed by atoms with E-state index < -0.39 is 0 Å². The third kappa shape index (κ3) is 4.10. The number of carbonyl (C=O) groups is 1. The average molecular weight is 278 g/mol. The fourth-order valence-corrected chi connectivity index (χ4v) is 1.89. The molecule has 4 nitrogen and oxygen atoms in total. The molecule has 0 aliphatic heterocycles. The molecule has 0 fully saturated rings. The molecule has 0 spiro atoms. The van der Waals surface area contributed by atoms with Crippen LogP contribution in [-0.4, -0.2) is 22.0 Å². The van der Waals surface area contributed by atoms with Crippen LogP contribution < -0.4 is 5.32 Å². The molecule has 1 aromatic heterocycles. The van der Waals surface area contributed by atoms with Crippen molar-refractivity contribution in [2.75, 3.05) is 6.54 Å². The van der Waals surface area contributed by atoms with Gasteiger partial charge in [-0.05, 0) is 37.6 Å². The van der Waals surface area contributed by atoms with Gasteiger partial charge in [-0.3, -0.25) is 4.79 Å². The number of nitrogens with one attached hydrogen (secondary N) is 1. The van der Waals surface area contributed by atoms with Gasteiger partial charge < -0.3 is 9.88 Å². The predicted molar refractivity (Wildman–Crippen MR) is 75.4 cm³/mol.